The van der Waals surface area contributed by atoms with Crippen molar-refractivity contribution in [2.45, 2.75) is 19.8 Å². The highest BCUT2D eigenvalue weighted by atomic mass is 35.5. The van der Waals surface area contributed by atoms with Crippen molar-refractivity contribution in [2.24, 2.45) is 10.9 Å². The Hall–Kier alpha value is -2.66. The number of halogens is 1. The summed E-state index contributed by atoms with van der Waals surface area (Å²) in [5, 5.41) is 0.445. The molecule has 2 atom stereocenters. The van der Waals surface area contributed by atoms with E-state index in [1.54, 1.807) is 38.1 Å². The molecule has 2 rings (SSSR count). The molecule has 0 bridgehead atoms. The Labute approximate surface area is 164 Å². The van der Waals surface area contributed by atoms with Crippen LogP contribution in [0.25, 0.3) is 0 Å². The third kappa shape index (κ3) is 4.55. The van der Waals surface area contributed by atoms with Crippen molar-refractivity contribution in [1.29, 1.82) is 0 Å². The van der Waals surface area contributed by atoms with Gasteiger partial charge in [-0.05, 0) is 25.5 Å². The summed E-state index contributed by atoms with van der Waals surface area (Å²) in [5.74, 6) is -2.51. The van der Waals surface area contributed by atoms with E-state index in [2.05, 4.69) is 18.2 Å². The van der Waals surface area contributed by atoms with Crippen LogP contribution in [0.1, 0.15) is 25.3 Å². The van der Waals surface area contributed by atoms with Crippen LogP contribution in [0.3, 0.4) is 0 Å². The number of aliphatic imine (C=N–C) groups is 1. The molecule has 0 aliphatic carbocycles. The second kappa shape index (κ2) is 9.33. The van der Waals surface area contributed by atoms with E-state index in [0.29, 0.717) is 22.0 Å². The maximum Gasteiger partial charge on any atom is 0.336 e. The largest absolute Gasteiger partial charge is 0.461 e. The summed E-state index contributed by atoms with van der Waals surface area (Å²) in [4.78, 5) is 29.9. The molecule has 1 unspecified atom stereocenters. The van der Waals surface area contributed by atoms with Crippen molar-refractivity contribution in [3.05, 3.63) is 71.4 Å². The Balaban J connectivity index is 2.60. The van der Waals surface area contributed by atoms with Gasteiger partial charge in [0, 0.05) is 22.3 Å². The van der Waals surface area contributed by atoms with Gasteiger partial charge in [-0.1, -0.05) is 55.1 Å². The monoisotopic (exact) mass is 387 g/mol. The molecular weight excluding hydrogens is 366 g/mol. The van der Waals surface area contributed by atoms with Crippen LogP contribution < -0.4 is 0 Å². The lowest BCUT2D eigenvalue weighted by Gasteiger charge is -2.32. The van der Waals surface area contributed by atoms with E-state index < -0.39 is 23.8 Å². The van der Waals surface area contributed by atoms with Gasteiger partial charge in [0.05, 0.1) is 5.57 Å². The van der Waals surface area contributed by atoms with Gasteiger partial charge in [0.1, 0.15) is 19.1 Å². The van der Waals surface area contributed by atoms with Gasteiger partial charge in [-0.25, -0.2) is 4.79 Å². The number of carbonyl (C=O) groups excluding carboxylic acids is 2. The molecule has 142 valence electrons. The van der Waals surface area contributed by atoms with Crippen LogP contribution in [0.2, 0.25) is 5.02 Å². The average molecular weight is 388 g/mol. The molecule has 0 spiro atoms. The van der Waals surface area contributed by atoms with Gasteiger partial charge in [0.2, 0.25) is 0 Å². The summed E-state index contributed by atoms with van der Waals surface area (Å²) in [7, 11) is 0. The number of carbonyl (C=O) groups is 2. The number of hydrogen-bond acceptors (Lipinski definition) is 5. The molecule has 0 saturated carbocycles. The minimum absolute atomic E-state index is 0.0547. The van der Waals surface area contributed by atoms with E-state index in [-0.39, 0.29) is 18.8 Å². The van der Waals surface area contributed by atoms with Gasteiger partial charge in [0.25, 0.3) is 0 Å². The molecule has 1 aliphatic heterocycles. The summed E-state index contributed by atoms with van der Waals surface area (Å²) in [5.41, 5.74) is 1.96. The zero-order chi connectivity index (χ0) is 20.0. The third-order valence-electron chi connectivity index (χ3n) is 4.22. The molecule has 0 aromatic heterocycles. The molecule has 0 saturated heterocycles. The van der Waals surface area contributed by atoms with Crippen molar-refractivity contribution in [1.82, 2.24) is 0 Å². The van der Waals surface area contributed by atoms with E-state index >= 15 is 0 Å². The van der Waals surface area contributed by atoms with Crippen LogP contribution in [0, 0.1) is 5.92 Å². The van der Waals surface area contributed by atoms with Crippen molar-refractivity contribution in [2.75, 3.05) is 13.2 Å². The normalized spacial score (nSPS) is 19.1. The van der Waals surface area contributed by atoms with Crippen molar-refractivity contribution >= 4 is 29.3 Å². The van der Waals surface area contributed by atoms with Crippen LogP contribution in [-0.2, 0) is 19.1 Å². The Morgan fingerprint density at radius 3 is 2.41 bits per heavy atom. The molecule has 0 radical (unpaired) electrons. The quantitative estimate of drug-likeness (QED) is 0.518. The minimum atomic E-state index is -0.792. The molecular formula is C21H22ClNO4. The van der Waals surface area contributed by atoms with E-state index in [1.165, 1.54) is 12.2 Å². The molecule has 27 heavy (non-hydrogen) atoms. The standard InChI is InChI=1S/C21H22ClNO4/c1-5-11-26-20(24)17-13(3)23-14(4)18(21(25)27-12-6-2)19(17)15-9-7-8-10-16(15)22/h5-10,17,19H,1-2,11-12H2,3-4H3/t17?,19-/m0/s1. The topological polar surface area (TPSA) is 65.0 Å². The first kappa shape index (κ1) is 20.6. The fraction of sp³-hybridized carbons (Fsp3) is 0.286. The Kier molecular flexibility index (Phi) is 7.13. The molecule has 1 aliphatic rings. The zero-order valence-corrected chi connectivity index (χ0v) is 16.2. The van der Waals surface area contributed by atoms with Crippen LogP contribution in [0.4, 0.5) is 0 Å². The van der Waals surface area contributed by atoms with Gasteiger partial charge in [0.15, 0.2) is 0 Å². The Bertz CT molecular complexity index is 825. The molecule has 0 N–H and O–H groups in total. The maximum atomic E-state index is 12.8. The summed E-state index contributed by atoms with van der Waals surface area (Å²) in [6.07, 6.45) is 2.96. The highest BCUT2D eigenvalue weighted by Crippen LogP contribution is 2.42. The van der Waals surface area contributed by atoms with Crippen LogP contribution in [0.15, 0.2) is 65.8 Å². The molecule has 1 aromatic carbocycles. The van der Waals surface area contributed by atoms with Gasteiger partial charge in [-0.15, -0.1) is 0 Å². The van der Waals surface area contributed by atoms with E-state index in [4.69, 9.17) is 21.1 Å². The molecule has 1 aromatic rings. The smallest absolute Gasteiger partial charge is 0.336 e. The van der Waals surface area contributed by atoms with Gasteiger partial charge >= 0.3 is 11.9 Å². The number of esters is 2. The molecule has 6 heteroatoms. The van der Waals surface area contributed by atoms with E-state index in [0.717, 1.165) is 0 Å². The molecule has 0 fully saturated rings. The molecule has 0 amide bonds. The van der Waals surface area contributed by atoms with Crippen LogP contribution in [0.5, 0.6) is 0 Å². The highest BCUT2D eigenvalue weighted by Gasteiger charge is 2.43. The first-order valence-corrected chi connectivity index (χ1v) is 8.86. The van der Waals surface area contributed by atoms with Gasteiger partial charge in [-0.2, -0.15) is 0 Å². The van der Waals surface area contributed by atoms with Crippen molar-refractivity contribution < 1.29 is 19.1 Å². The summed E-state index contributed by atoms with van der Waals surface area (Å²) < 4.78 is 10.5. The number of ether oxygens (including phenoxy) is 2. The Morgan fingerprint density at radius 1 is 1.15 bits per heavy atom. The fourth-order valence-corrected chi connectivity index (χ4v) is 3.37. The predicted molar refractivity (Wildman–Crippen MR) is 106 cm³/mol. The predicted octanol–water partition coefficient (Wildman–Crippen LogP) is 4.25. The Morgan fingerprint density at radius 2 is 1.78 bits per heavy atom. The van der Waals surface area contributed by atoms with Crippen LogP contribution in [-0.4, -0.2) is 30.9 Å². The lowest BCUT2D eigenvalue weighted by atomic mass is 9.75. The zero-order valence-electron chi connectivity index (χ0n) is 15.4. The number of hydrogen-bond donors (Lipinski definition) is 0. The molecule has 1 heterocycles. The second-order valence-electron chi connectivity index (χ2n) is 6.03. The van der Waals surface area contributed by atoms with Crippen molar-refractivity contribution in [3.8, 4) is 0 Å². The first-order valence-electron chi connectivity index (χ1n) is 8.48. The lowest BCUT2D eigenvalue weighted by molar-refractivity contribution is -0.145. The maximum absolute atomic E-state index is 12.8. The first-order chi connectivity index (χ1) is 12.9. The minimum Gasteiger partial charge on any atom is -0.461 e. The number of nitrogens with zero attached hydrogens (tertiary/aromatic N) is 1. The summed E-state index contributed by atoms with van der Waals surface area (Å²) in [6, 6.07) is 7.09. The third-order valence-corrected chi connectivity index (χ3v) is 4.56. The molecule has 5 nitrogen and oxygen atoms in total. The van der Waals surface area contributed by atoms with E-state index in [9.17, 15) is 9.59 Å². The number of rotatable bonds is 7. The van der Waals surface area contributed by atoms with Gasteiger partial charge in [-0.3, -0.25) is 9.79 Å². The summed E-state index contributed by atoms with van der Waals surface area (Å²) in [6.45, 7) is 10.7. The summed E-state index contributed by atoms with van der Waals surface area (Å²) >= 11 is 6.40. The average Bonchev–Trinajstić information content (AvgIpc) is 2.64. The van der Waals surface area contributed by atoms with E-state index in [1.807, 2.05) is 0 Å². The number of allylic oxidation sites excluding steroid dienone is 1. The SMILES string of the molecule is C=CCOC(=O)C1=C(C)N=C(C)C(C(=O)OCC=C)[C@@H]1c1ccccc1Cl. The van der Waals surface area contributed by atoms with Gasteiger partial charge < -0.3 is 9.47 Å². The lowest BCUT2D eigenvalue weighted by Crippen LogP contribution is -2.36. The fourth-order valence-electron chi connectivity index (χ4n) is 3.11. The number of benzene rings is 1. The highest BCUT2D eigenvalue weighted by molar-refractivity contribution is 6.31. The van der Waals surface area contributed by atoms with Crippen LogP contribution >= 0.6 is 11.6 Å². The second-order valence-corrected chi connectivity index (χ2v) is 6.44. The van der Waals surface area contributed by atoms with Crippen molar-refractivity contribution in [3.63, 3.8) is 0 Å².